The molecule has 0 heterocycles. The summed E-state index contributed by atoms with van der Waals surface area (Å²) < 4.78 is 1.13. The summed E-state index contributed by atoms with van der Waals surface area (Å²) in [6.45, 7) is 12.7. The van der Waals surface area contributed by atoms with Crippen molar-refractivity contribution in [2.24, 2.45) is 0 Å². The lowest BCUT2D eigenvalue weighted by atomic mass is 10.2. The maximum atomic E-state index is 3.95. The first-order valence-corrected chi connectivity index (χ1v) is 6.63. The average Bonchev–Trinajstić information content (AvgIpc) is 2.26. The van der Waals surface area contributed by atoms with Crippen molar-refractivity contribution in [1.82, 2.24) is 4.90 Å². The van der Waals surface area contributed by atoms with Crippen molar-refractivity contribution in [3.63, 3.8) is 0 Å². The van der Waals surface area contributed by atoms with Crippen LogP contribution in [0.15, 0.2) is 53.5 Å². The third-order valence-corrected chi connectivity index (χ3v) is 3.03. The van der Waals surface area contributed by atoms with E-state index in [2.05, 4.69) is 65.2 Å². The highest BCUT2D eigenvalue weighted by atomic mass is 79.9. The third kappa shape index (κ3) is 5.85. The zero-order chi connectivity index (χ0) is 12.7. The molecule has 0 N–H and O–H groups in total. The van der Waals surface area contributed by atoms with Gasteiger partial charge in [0, 0.05) is 24.1 Å². The van der Waals surface area contributed by atoms with E-state index in [0.29, 0.717) is 0 Å². The van der Waals surface area contributed by atoms with Crippen LogP contribution in [0, 0.1) is 0 Å². The van der Waals surface area contributed by atoms with Gasteiger partial charge in [0.05, 0.1) is 0 Å². The lowest BCUT2D eigenvalue weighted by molar-refractivity contribution is 0.298. The van der Waals surface area contributed by atoms with Crippen molar-refractivity contribution in [3.8, 4) is 0 Å². The monoisotopic (exact) mass is 293 g/mol. The fraction of sp³-hybridized carbons (Fsp3) is 0.333. The van der Waals surface area contributed by atoms with Gasteiger partial charge in [0.15, 0.2) is 0 Å². The molecule has 0 spiro atoms. The molecule has 1 nitrogen and oxygen atoms in total. The van der Waals surface area contributed by atoms with E-state index in [0.717, 1.165) is 30.5 Å². The molecule has 0 fully saturated rings. The zero-order valence-corrected chi connectivity index (χ0v) is 12.0. The van der Waals surface area contributed by atoms with Crippen LogP contribution in [0.2, 0.25) is 0 Å². The van der Waals surface area contributed by atoms with Crippen molar-refractivity contribution < 1.29 is 0 Å². The van der Waals surface area contributed by atoms with E-state index in [4.69, 9.17) is 0 Å². The summed E-state index contributed by atoms with van der Waals surface area (Å²) in [7, 11) is 0. The molecule has 0 aliphatic heterocycles. The Morgan fingerprint density at radius 2 is 2.24 bits per heavy atom. The Balaban J connectivity index is 2.59. The highest BCUT2D eigenvalue weighted by Gasteiger charge is 2.04. The molecule has 0 amide bonds. The quantitative estimate of drug-likeness (QED) is 0.674. The van der Waals surface area contributed by atoms with E-state index < -0.39 is 0 Å². The van der Waals surface area contributed by atoms with Crippen molar-refractivity contribution in [2.45, 2.75) is 19.9 Å². The van der Waals surface area contributed by atoms with Crippen molar-refractivity contribution >= 4 is 15.9 Å². The van der Waals surface area contributed by atoms with Gasteiger partial charge in [0.1, 0.15) is 0 Å². The second kappa shape index (κ2) is 7.46. The Morgan fingerprint density at radius 1 is 1.47 bits per heavy atom. The Labute approximate surface area is 113 Å². The first-order chi connectivity index (χ1) is 8.11. The van der Waals surface area contributed by atoms with Gasteiger partial charge in [0.25, 0.3) is 0 Å². The molecule has 1 aromatic rings. The van der Waals surface area contributed by atoms with Crippen molar-refractivity contribution in [1.29, 1.82) is 0 Å². The summed E-state index contributed by atoms with van der Waals surface area (Å²) in [6, 6.07) is 8.44. The minimum Gasteiger partial charge on any atom is -0.295 e. The third-order valence-electron chi connectivity index (χ3n) is 2.54. The number of hydrogen-bond acceptors (Lipinski definition) is 1. The summed E-state index contributed by atoms with van der Waals surface area (Å²) in [5.74, 6) is 0. The number of benzene rings is 1. The van der Waals surface area contributed by atoms with Gasteiger partial charge >= 0.3 is 0 Å². The molecule has 0 saturated carbocycles. The molecule has 17 heavy (non-hydrogen) atoms. The van der Waals surface area contributed by atoms with Gasteiger partial charge in [-0.2, -0.15) is 0 Å². The summed E-state index contributed by atoms with van der Waals surface area (Å²) in [6.07, 6.45) is 3.00. The van der Waals surface area contributed by atoms with Crippen LogP contribution < -0.4 is 0 Å². The first-order valence-electron chi connectivity index (χ1n) is 5.84. The number of nitrogens with zero attached hydrogens (tertiary/aromatic N) is 1. The van der Waals surface area contributed by atoms with E-state index in [1.54, 1.807) is 0 Å². The molecule has 0 aliphatic rings. The lowest BCUT2D eigenvalue weighted by Gasteiger charge is -2.20. The van der Waals surface area contributed by atoms with E-state index in [1.807, 2.05) is 6.08 Å². The van der Waals surface area contributed by atoms with Gasteiger partial charge in [-0.05, 0) is 31.0 Å². The Kier molecular flexibility index (Phi) is 6.23. The molecular weight excluding hydrogens is 274 g/mol. The van der Waals surface area contributed by atoms with Gasteiger partial charge in [0.2, 0.25) is 0 Å². The molecule has 0 radical (unpaired) electrons. The lowest BCUT2D eigenvalue weighted by Crippen LogP contribution is -2.24. The van der Waals surface area contributed by atoms with Crippen LogP contribution in [0.1, 0.15) is 18.9 Å². The second-order valence-electron chi connectivity index (χ2n) is 4.36. The zero-order valence-electron chi connectivity index (χ0n) is 10.5. The predicted molar refractivity (Wildman–Crippen MR) is 79.0 cm³/mol. The van der Waals surface area contributed by atoms with Crippen LogP contribution in [-0.2, 0) is 6.54 Å². The molecule has 0 atom stereocenters. The Morgan fingerprint density at radius 3 is 2.82 bits per heavy atom. The van der Waals surface area contributed by atoms with Crippen LogP contribution in [0.4, 0.5) is 0 Å². The van der Waals surface area contributed by atoms with Gasteiger partial charge < -0.3 is 0 Å². The smallest absolute Gasteiger partial charge is 0.0237 e. The van der Waals surface area contributed by atoms with Crippen LogP contribution in [0.5, 0.6) is 0 Å². The number of hydrogen-bond donors (Lipinski definition) is 0. The average molecular weight is 294 g/mol. The second-order valence-corrected chi connectivity index (χ2v) is 5.28. The molecule has 1 aromatic carbocycles. The van der Waals surface area contributed by atoms with Crippen molar-refractivity contribution in [3.05, 3.63) is 59.1 Å². The normalized spacial score (nSPS) is 10.5. The SMILES string of the molecule is C=CCN(CCC(=C)C)Cc1cccc(Br)c1. The number of rotatable bonds is 7. The van der Waals surface area contributed by atoms with E-state index in [-0.39, 0.29) is 0 Å². The van der Waals surface area contributed by atoms with Crippen LogP contribution in [0.25, 0.3) is 0 Å². The molecule has 0 saturated heterocycles. The molecule has 0 aromatic heterocycles. The summed E-state index contributed by atoms with van der Waals surface area (Å²) in [4.78, 5) is 2.38. The summed E-state index contributed by atoms with van der Waals surface area (Å²) >= 11 is 3.50. The maximum absolute atomic E-state index is 3.95. The fourth-order valence-electron chi connectivity index (χ4n) is 1.66. The van der Waals surface area contributed by atoms with Crippen molar-refractivity contribution in [2.75, 3.05) is 13.1 Å². The molecular formula is C15H20BrN. The molecule has 0 unspecified atom stereocenters. The van der Waals surface area contributed by atoms with Crippen LogP contribution in [0.3, 0.4) is 0 Å². The summed E-state index contributed by atoms with van der Waals surface area (Å²) in [5.41, 5.74) is 2.55. The van der Waals surface area contributed by atoms with Gasteiger partial charge in [-0.3, -0.25) is 4.90 Å². The van der Waals surface area contributed by atoms with Gasteiger partial charge in [-0.25, -0.2) is 0 Å². The van der Waals surface area contributed by atoms with E-state index in [9.17, 15) is 0 Å². The highest BCUT2D eigenvalue weighted by Crippen LogP contribution is 2.14. The highest BCUT2D eigenvalue weighted by molar-refractivity contribution is 9.10. The van der Waals surface area contributed by atoms with E-state index >= 15 is 0 Å². The van der Waals surface area contributed by atoms with Gasteiger partial charge in [-0.1, -0.05) is 39.7 Å². The minimum atomic E-state index is 0.916. The maximum Gasteiger partial charge on any atom is 0.0237 e. The molecule has 2 heteroatoms. The largest absolute Gasteiger partial charge is 0.295 e. The fourth-order valence-corrected chi connectivity index (χ4v) is 2.11. The predicted octanol–water partition coefficient (Wildman–Crippen LogP) is 4.40. The Bertz CT molecular complexity index is 384. The Hall–Kier alpha value is -0.860. The standard InChI is InChI=1S/C15H20BrN/c1-4-9-17(10-8-13(2)3)12-14-6-5-7-15(16)11-14/h4-7,11H,1-2,8-10,12H2,3H3. The molecule has 0 aliphatic carbocycles. The molecule has 0 bridgehead atoms. The molecule has 1 rings (SSSR count). The summed E-state index contributed by atoms with van der Waals surface area (Å²) in [5, 5.41) is 0. The molecule has 92 valence electrons. The minimum absolute atomic E-state index is 0.916. The van der Waals surface area contributed by atoms with E-state index in [1.165, 1.54) is 11.1 Å². The van der Waals surface area contributed by atoms with Gasteiger partial charge in [-0.15, -0.1) is 13.2 Å². The number of halogens is 1. The topological polar surface area (TPSA) is 3.24 Å². The van der Waals surface area contributed by atoms with Crippen LogP contribution in [-0.4, -0.2) is 18.0 Å². The van der Waals surface area contributed by atoms with Crippen LogP contribution >= 0.6 is 15.9 Å². The first kappa shape index (κ1) is 14.2.